The summed E-state index contributed by atoms with van der Waals surface area (Å²) in [7, 11) is 0. The summed E-state index contributed by atoms with van der Waals surface area (Å²) < 4.78 is 9.71. The van der Waals surface area contributed by atoms with Crippen molar-refractivity contribution in [3.63, 3.8) is 0 Å². The van der Waals surface area contributed by atoms with Crippen molar-refractivity contribution in [3.8, 4) is 0 Å². The molecule has 0 radical (unpaired) electrons. The SMILES string of the molecule is O=C1C=C(N2CCOCC2)C(O)O1. The van der Waals surface area contributed by atoms with Crippen LogP contribution in [-0.4, -0.2) is 48.6 Å². The van der Waals surface area contributed by atoms with E-state index in [1.54, 1.807) is 0 Å². The summed E-state index contributed by atoms with van der Waals surface area (Å²) in [6.45, 7) is 2.63. The number of carbonyl (C=O) groups excluding carboxylic acids is 1. The molecular weight excluding hydrogens is 174 g/mol. The first kappa shape index (κ1) is 8.52. The van der Waals surface area contributed by atoms with Crippen LogP contribution < -0.4 is 0 Å². The summed E-state index contributed by atoms with van der Waals surface area (Å²) in [5, 5.41) is 9.32. The topological polar surface area (TPSA) is 59.0 Å². The van der Waals surface area contributed by atoms with E-state index in [0.29, 0.717) is 32.0 Å². The maximum Gasteiger partial charge on any atom is 0.335 e. The van der Waals surface area contributed by atoms with Gasteiger partial charge in [0.1, 0.15) is 0 Å². The summed E-state index contributed by atoms with van der Waals surface area (Å²) in [6.07, 6.45) is 0.237. The summed E-state index contributed by atoms with van der Waals surface area (Å²) in [5.41, 5.74) is 0.549. The van der Waals surface area contributed by atoms with Crippen molar-refractivity contribution in [3.05, 3.63) is 11.8 Å². The van der Waals surface area contributed by atoms with Gasteiger partial charge in [0.25, 0.3) is 0 Å². The van der Waals surface area contributed by atoms with E-state index in [9.17, 15) is 9.90 Å². The minimum atomic E-state index is -1.09. The number of aliphatic hydroxyl groups is 1. The van der Waals surface area contributed by atoms with Gasteiger partial charge in [-0.2, -0.15) is 0 Å². The lowest BCUT2D eigenvalue weighted by molar-refractivity contribution is -0.152. The van der Waals surface area contributed by atoms with Crippen molar-refractivity contribution in [1.82, 2.24) is 4.90 Å². The van der Waals surface area contributed by atoms with Crippen molar-refractivity contribution in [1.29, 1.82) is 0 Å². The first-order valence-electron chi connectivity index (χ1n) is 4.20. The second-order valence-electron chi connectivity index (χ2n) is 2.96. The van der Waals surface area contributed by atoms with E-state index < -0.39 is 12.3 Å². The summed E-state index contributed by atoms with van der Waals surface area (Å²) in [5.74, 6) is -0.478. The smallest absolute Gasteiger partial charge is 0.335 e. The van der Waals surface area contributed by atoms with Gasteiger partial charge in [0.2, 0.25) is 6.29 Å². The Labute approximate surface area is 75.5 Å². The Hall–Kier alpha value is -1.07. The highest BCUT2D eigenvalue weighted by atomic mass is 16.6. The molecule has 1 atom stereocenters. The fourth-order valence-corrected chi connectivity index (χ4v) is 1.47. The lowest BCUT2D eigenvalue weighted by atomic mass is 10.3. The Kier molecular flexibility index (Phi) is 2.20. The molecule has 0 spiro atoms. The number of hydrogen-bond donors (Lipinski definition) is 1. The Morgan fingerprint density at radius 2 is 2.15 bits per heavy atom. The largest absolute Gasteiger partial charge is 0.427 e. The van der Waals surface area contributed by atoms with E-state index in [0.717, 1.165) is 0 Å². The van der Waals surface area contributed by atoms with Gasteiger partial charge in [0, 0.05) is 19.2 Å². The molecule has 2 rings (SSSR count). The van der Waals surface area contributed by atoms with E-state index in [-0.39, 0.29) is 0 Å². The monoisotopic (exact) mass is 185 g/mol. The number of nitrogens with zero attached hydrogens (tertiary/aromatic N) is 1. The molecule has 1 saturated heterocycles. The first-order valence-corrected chi connectivity index (χ1v) is 4.20. The van der Waals surface area contributed by atoms with E-state index in [2.05, 4.69) is 4.74 Å². The quantitative estimate of drug-likeness (QED) is 0.535. The maximum absolute atomic E-state index is 10.8. The van der Waals surface area contributed by atoms with E-state index >= 15 is 0 Å². The number of morpholine rings is 1. The number of ether oxygens (including phenoxy) is 2. The van der Waals surface area contributed by atoms with Gasteiger partial charge in [-0.05, 0) is 0 Å². The van der Waals surface area contributed by atoms with Crippen LogP contribution in [0.4, 0.5) is 0 Å². The number of aliphatic hydroxyl groups excluding tert-OH is 1. The summed E-state index contributed by atoms with van der Waals surface area (Å²) in [6, 6.07) is 0. The molecule has 2 aliphatic heterocycles. The first-order chi connectivity index (χ1) is 6.27. The number of rotatable bonds is 1. The van der Waals surface area contributed by atoms with Crippen LogP contribution in [0.1, 0.15) is 0 Å². The predicted octanol–water partition coefficient (Wildman–Crippen LogP) is -0.922. The Morgan fingerprint density at radius 3 is 2.69 bits per heavy atom. The average molecular weight is 185 g/mol. The zero-order chi connectivity index (χ0) is 9.26. The third kappa shape index (κ3) is 1.66. The molecule has 1 unspecified atom stereocenters. The normalized spacial score (nSPS) is 28.7. The molecule has 2 heterocycles. The van der Waals surface area contributed by atoms with Crippen LogP contribution >= 0.6 is 0 Å². The van der Waals surface area contributed by atoms with Gasteiger partial charge < -0.3 is 19.5 Å². The molecule has 0 amide bonds. The van der Waals surface area contributed by atoms with Gasteiger partial charge in [0.05, 0.1) is 18.9 Å². The van der Waals surface area contributed by atoms with Gasteiger partial charge in [-0.25, -0.2) is 4.79 Å². The highest BCUT2D eigenvalue weighted by Gasteiger charge is 2.29. The minimum Gasteiger partial charge on any atom is -0.427 e. The zero-order valence-corrected chi connectivity index (χ0v) is 7.10. The maximum atomic E-state index is 10.8. The van der Waals surface area contributed by atoms with Crippen molar-refractivity contribution in [2.24, 2.45) is 0 Å². The molecule has 13 heavy (non-hydrogen) atoms. The fraction of sp³-hybridized carbons (Fsp3) is 0.625. The van der Waals surface area contributed by atoms with Crippen LogP contribution in [0.3, 0.4) is 0 Å². The fourth-order valence-electron chi connectivity index (χ4n) is 1.47. The molecule has 5 nitrogen and oxygen atoms in total. The number of carbonyl (C=O) groups is 1. The molecule has 0 aromatic heterocycles. The van der Waals surface area contributed by atoms with Gasteiger partial charge in [-0.1, -0.05) is 0 Å². The van der Waals surface area contributed by atoms with Crippen LogP contribution in [0.25, 0.3) is 0 Å². The minimum absolute atomic E-state index is 0.478. The van der Waals surface area contributed by atoms with Crippen LogP contribution in [0.15, 0.2) is 11.8 Å². The van der Waals surface area contributed by atoms with Crippen molar-refractivity contribution in [2.75, 3.05) is 26.3 Å². The molecule has 0 saturated carbocycles. The van der Waals surface area contributed by atoms with Crippen LogP contribution in [0.5, 0.6) is 0 Å². The molecule has 2 aliphatic rings. The Morgan fingerprint density at radius 1 is 1.46 bits per heavy atom. The van der Waals surface area contributed by atoms with Crippen molar-refractivity contribution >= 4 is 5.97 Å². The van der Waals surface area contributed by atoms with E-state index in [1.807, 2.05) is 4.90 Å². The van der Waals surface area contributed by atoms with Crippen LogP contribution in [0, 0.1) is 0 Å². The van der Waals surface area contributed by atoms with Crippen LogP contribution in [0.2, 0.25) is 0 Å². The lowest BCUT2D eigenvalue weighted by Crippen LogP contribution is -2.38. The van der Waals surface area contributed by atoms with Gasteiger partial charge >= 0.3 is 5.97 Å². The van der Waals surface area contributed by atoms with Crippen molar-refractivity contribution in [2.45, 2.75) is 6.29 Å². The van der Waals surface area contributed by atoms with Crippen LogP contribution in [-0.2, 0) is 14.3 Å². The third-order valence-electron chi connectivity index (χ3n) is 2.12. The number of hydrogen-bond acceptors (Lipinski definition) is 5. The molecule has 0 aliphatic carbocycles. The third-order valence-corrected chi connectivity index (χ3v) is 2.12. The Bertz CT molecular complexity index is 245. The average Bonchev–Trinajstić information content (AvgIpc) is 2.47. The highest BCUT2D eigenvalue weighted by molar-refractivity contribution is 5.85. The molecule has 1 fully saturated rings. The van der Waals surface area contributed by atoms with Gasteiger partial charge in [-0.15, -0.1) is 0 Å². The van der Waals surface area contributed by atoms with E-state index in [4.69, 9.17) is 4.74 Å². The molecule has 0 aromatic carbocycles. The lowest BCUT2D eigenvalue weighted by Gasteiger charge is -2.30. The molecule has 0 aromatic rings. The summed E-state index contributed by atoms with van der Waals surface area (Å²) >= 11 is 0. The molecule has 72 valence electrons. The highest BCUT2D eigenvalue weighted by Crippen LogP contribution is 2.18. The summed E-state index contributed by atoms with van der Waals surface area (Å²) in [4.78, 5) is 12.7. The molecular formula is C8H11NO4. The molecule has 1 N–H and O–H groups in total. The van der Waals surface area contributed by atoms with Gasteiger partial charge in [-0.3, -0.25) is 0 Å². The molecule has 0 bridgehead atoms. The standard InChI is InChI=1S/C8H11NO4/c10-7-5-6(8(11)13-7)9-1-3-12-4-2-9/h5,8,11H,1-4H2. The van der Waals surface area contributed by atoms with E-state index in [1.165, 1.54) is 6.08 Å². The second kappa shape index (κ2) is 3.35. The predicted molar refractivity (Wildman–Crippen MR) is 42.6 cm³/mol. The number of cyclic esters (lactones) is 1. The number of esters is 1. The second-order valence-corrected chi connectivity index (χ2v) is 2.96. The van der Waals surface area contributed by atoms with Crippen molar-refractivity contribution < 1.29 is 19.4 Å². The Balaban J connectivity index is 2.06. The van der Waals surface area contributed by atoms with Gasteiger partial charge in [0.15, 0.2) is 0 Å². The zero-order valence-electron chi connectivity index (χ0n) is 7.10. The molecule has 5 heteroatoms.